The van der Waals surface area contributed by atoms with Gasteiger partial charge in [-0.1, -0.05) is 78.3 Å². The largest absolute Gasteiger partial charge is 0.481 e. The third kappa shape index (κ3) is 27.5. The first-order valence-electron chi connectivity index (χ1n) is 22.8. The molecule has 9 N–H and O–H groups in total. The number of amides is 6. The lowest BCUT2D eigenvalue weighted by Gasteiger charge is -2.27. The van der Waals surface area contributed by atoms with Gasteiger partial charge in [-0.25, -0.2) is 36.7 Å². The molecular formula is C46H68F4N6O16. The number of rotatable bonds is 29. The van der Waals surface area contributed by atoms with Crippen LogP contribution in [-0.4, -0.2) is 135 Å². The van der Waals surface area contributed by atoms with Crippen molar-refractivity contribution in [3.8, 4) is 0 Å². The Morgan fingerprint density at radius 3 is 1.35 bits per heavy atom. The minimum atomic E-state index is -3.10. The van der Waals surface area contributed by atoms with Gasteiger partial charge in [0.15, 0.2) is 0 Å². The van der Waals surface area contributed by atoms with Gasteiger partial charge >= 0.3 is 30.1 Å². The number of nitrogens with one attached hydrogen (secondary N) is 6. The summed E-state index contributed by atoms with van der Waals surface area (Å²) in [4.78, 5) is 132. The molecule has 7 atom stereocenters. The fourth-order valence-corrected chi connectivity index (χ4v) is 6.18. The second kappa shape index (κ2) is 32.2. The highest BCUT2D eigenvalue weighted by molar-refractivity contribution is 6.35. The minimum absolute atomic E-state index is 0.0248. The Balaban J connectivity index is 0.00000140. The zero-order valence-corrected chi connectivity index (χ0v) is 41.6. The molecule has 26 heteroatoms. The molecule has 406 valence electrons. The number of hydrogen-bond acceptors (Lipinski definition) is 13. The molecule has 0 spiro atoms. The second-order valence-corrected chi connectivity index (χ2v) is 18.3. The summed E-state index contributed by atoms with van der Waals surface area (Å²) >= 11 is 0. The number of carbonyl (C=O) groups excluding carboxylic acids is 8. The van der Waals surface area contributed by atoms with Gasteiger partial charge in [0.05, 0.1) is 0 Å². The number of ether oxygens (including phenoxy) is 2. The number of hydrogen-bond donors (Lipinski definition) is 9. The van der Waals surface area contributed by atoms with E-state index in [9.17, 15) is 70.3 Å². The van der Waals surface area contributed by atoms with E-state index >= 15 is 0 Å². The highest BCUT2D eigenvalue weighted by atomic mass is 19.3. The van der Waals surface area contributed by atoms with E-state index in [0.717, 1.165) is 5.56 Å². The molecule has 0 radical (unpaired) electrons. The van der Waals surface area contributed by atoms with Crippen LogP contribution in [0.2, 0.25) is 0 Å². The maximum atomic E-state index is 13.1. The van der Waals surface area contributed by atoms with Crippen LogP contribution < -0.4 is 31.9 Å². The number of ketones is 2. The lowest BCUT2D eigenvalue weighted by molar-refractivity contribution is -0.151. The normalized spacial score (nSPS) is 14.1. The molecule has 1 aromatic rings. The second-order valence-electron chi connectivity index (χ2n) is 18.3. The summed E-state index contributed by atoms with van der Waals surface area (Å²) in [6.45, 7) is 15.0. The fourth-order valence-electron chi connectivity index (χ4n) is 6.18. The minimum Gasteiger partial charge on any atom is -0.481 e. The molecule has 0 bridgehead atoms. The Kier molecular flexibility index (Phi) is 29.1. The molecule has 0 saturated heterocycles. The van der Waals surface area contributed by atoms with Crippen molar-refractivity contribution in [2.45, 2.75) is 169 Å². The quantitative estimate of drug-likeness (QED) is 0.0408. The number of benzene rings is 1. The van der Waals surface area contributed by atoms with Gasteiger partial charge in [0.25, 0.3) is 11.6 Å². The third-order valence-corrected chi connectivity index (χ3v) is 9.83. The van der Waals surface area contributed by atoms with Crippen molar-refractivity contribution in [3.05, 3.63) is 35.9 Å². The first-order chi connectivity index (χ1) is 33.3. The summed E-state index contributed by atoms with van der Waals surface area (Å²) < 4.78 is 61.6. The average Bonchev–Trinajstić information content (AvgIpc) is 3.26. The molecule has 0 fully saturated rings. The number of carboxylic acid groups (broad SMARTS) is 3. The van der Waals surface area contributed by atoms with Crippen LogP contribution >= 0.6 is 0 Å². The molecule has 0 aromatic heterocycles. The van der Waals surface area contributed by atoms with Crippen LogP contribution in [0.1, 0.15) is 113 Å². The Hall–Kier alpha value is -6.89. The summed E-state index contributed by atoms with van der Waals surface area (Å²) in [5.74, 6) is -13.0. The zero-order valence-electron chi connectivity index (χ0n) is 41.6. The summed E-state index contributed by atoms with van der Waals surface area (Å²) in [7, 11) is 0. The van der Waals surface area contributed by atoms with Crippen LogP contribution in [0, 0.1) is 17.8 Å². The third-order valence-electron chi connectivity index (χ3n) is 9.83. The smallest absolute Gasteiger partial charge is 0.408 e. The molecule has 0 saturated carbocycles. The van der Waals surface area contributed by atoms with Crippen LogP contribution in [-0.2, 0) is 59.2 Å². The van der Waals surface area contributed by atoms with Crippen molar-refractivity contribution in [2.75, 3.05) is 0 Å². The molecular weight excluding hydrogens is 969 g/mol. The Morgan fingerprint density at radius 2 is 0.972 bits per heavy atom. The Bertz CT molecular complexity index is 2000. The van der Waals surface area contributed by atoms with Gasteiger partial charge in [-0.15, -0.1) is 0 Å². The molecule has 6 amide bonds. The standard InChI is InChI=1S/C25H35F2N3O7.C21H33F2N3O9/c1-5-15(4)20(30-25(36)37-13-16-9-7-6-8-10-16)23(33)29-18(11-14(2)3)22(32)28-17(12-19(26)27)21(31)24(34)35;1-10(2)8-13(18(31)24-12(9-14(22)23)16(29)19(32)33)25-17(30)11(6-7-15(27)28)26-20(34)35-21(3,4)5/h6-10,14-15,17-20H,5,11-13H2,1-4H3,(H,28,32)(H,29,33)(H,30,36)(H,34,35);10-14H,6-9H2,1-5H3,(H,24,31)(H,25,30)(H,26,34)(H,27,28)(H,32,33). The molecule has 1 aromatic carbocycles. The molecule has 0 aliphatic carbocycles. The molecule has 0 aliphatic heterocycles. The SMILES string of the molecule is CC(C)CC(NC(=O)C(CCC(=O)O)NC(=O)OC(C)(C)C)C(=O)NC(CC(F)F)C(=O)C(=O)O.CCC(C)C(NC(=O)OCc1ccccc1)C(=O)NC(CC(C)C)C(=O)NC(CC(F)F)C(=O)C(=O)O. The zero-order chi connectivity index (χ0) is 55.6. The number of aliphatic carboxylic acids is 3. The van der Waals surface area contributed by atoms with Crippen LogP contribution in [0.3, 0.4) is 0 Å². The van der Waals surface area contributed by atoms with Gasteiger partial charge in [-0.3, -0.25) is 33.6 Å². The van der Waals surface area contributed by atoms with Crippen molar-refractivity contribution in [1.29, 1.82) is 0 Å². The van der Waals surface area contributed by atoms with Crippen molar-refractivity contribution in [2.24, 2.45) is 17.8 Å². The van der Waals surface area contributed by atoms with Gasteiger partial charge < -0.3 is 56.7 Å². The van der Waals surface area contributed by atoms with Gasteiger partial charge in [0.1, 0.15) is 48.5 Å². The lowest BCUT2D eigenvalue weighted by atomic mass is 9.96. The number of carboxylic acids is 3. The summed E-state index contributed by atoms with van der Waals surface area (Å²) in [6, 6.07) is -0.306. The molecule has 1 rings (SSSR count). The number of alkyl halides is 4. The van der Waals surface area contributed by atoms with E-state index in [4.69, 9.17) is 24.8 Å². The number of Topliss-reactive ketones (excluding diaryl/α,β-unsaturated/α-hetero) is 2. The van der Waals surface area contributed by atoms with E-state index in [0.29, 0.717) is 6.42 Å². The molecule has 72 heavy (non-hydrogen) atoms. The van der Waals surface area contributed by atoms with Crippen LogP contribution in [0.15, 0.2) is 30.3 Å². The van der Waals surface area contributed by atoms with Crippen molar-refractivity contribution in [3.63, 3.8) is 0 Å². The predicted octanol–water partition coefficient (Wildman–Crippen LogP) is 3.72. The van der Waals surface area contributed by atoms with Gasteiger partial charge in [0, 0.05) is 19.3 Å². The van der Waals surface area contributed by atoms with E-state index in [1.165, 1.54) is 0 Å². The number of carbonyl (C=O) groups is 11. The van der Waals surface area contributed by atoms with Crippen molar-refractivity contribution in [1.82, 2.24) is 31.9 Å². The predicted molar refractivity (Wildman–Crippen MR) is 246 cm³/mol. The van der Waals surface area contributed by atoms with E-state index in [1.54, 1.807) is 86.6 Å². The van der Waals surface area contributed by atoms with E-state index in [2.05, 4.69) is 21.3 Å². The first-order valence-corrected chi connectivity index (χ1v) is 22.8. The number of halogens is 4. The topological polar surface area (TPSA) is 339 Å². The van der Waals surface area contributed by atoms with Crippen molar-refractivity contribution >= 4 is 65.3 Å². The van der Waals surface area contributed by atoms with Gasteiger partial charge in [0.2, 0.25) is 36.5 Å². The molecule has 7 unspecified atom stereocenters. The maximum Gasteiger partial charge on any atom is 0.408 e. The first kappa shape index (κ1) is 65.1. The van der Waals surface area contributed by atoms with Gasteiger partial charge in [-0.2, -0.15) is 0 Å². The highest BCUT2D eigenvalue weighted by Crippen LogP contribution is 2.15. The Labute approximate surface area is 413 Å². The molecule has 0 aliphatic rings. The summed E-state index contributed by atoms with van der Waals surface area (Å²) in [5.41, 5.74) is -0.181. The van der Waals surface area contributed by atoms with Crippen LogP contribution in [0.5, 0.6) is 0 Å². The summed E-state index contributed by atoms with van der Waals surface area (Å²) in [6.07, 6.45) is -10.8. The molecule has 22 nitrogen and oxygen atoms in total. The maximum absolute atomic E-state index is 13.1. The van der Waals surface area contributed by atoms with E-state index in [-0.39, 0.29) is 43.6 Å². The average molecular weight is 1040 g/mol. The molecule has 0 heterocycles. The van der Waals surface area contributed by atoms with Gasteiger partial charge in [-0.05, 0) is 63.4 Å². The Morgan fingerprint density at radius 1 is 0.556 bits per heavy atom. The van der Waals surface area contributed by atoms with Crippen LogP contribution in [0.25, 0.3) is 0 Å². The van der Waals surface area contributed by atoms with E-state index in [1.807, 2.05) is 16.7 Å². The number of alkyl carbamates (subject to hydrolysis) is 2. The summed E-state index contributed by atoms with van der Waals surface area (Å²) in [5, 5.41) is 40.2. The highest BCUT2D eigenvalue weighted by Gasteiger charge is 2.36. The lowest BCUT2D eigenvalue weighted by Crippen LogP contribution is -2.58. The fraction of sp³-hybridized carbons (Fsp3) is 0.630. The van der Waals surface area contributed by atoms with Crippen LogP contribution in [0.4, 0.5) is 27.2 Å². The monoisotopic (exact) mass is 1040 g/mol. The van der Waals surface area contributed by atoms with Crippen molar-refractivity contribution < 1.29 is 95.1 Å². The van der Waals surface area contributed by atoms with E-state index < -0.39 is 139 Å².